The zero-order valence-corrected chi connectivity index (χ0v) is 19.8. The maximum atomic E-state index is 12.8. The summed E-state index contributed by atoms with van der Waals surface area (Å²) < 4.78 is 9.31. The van der Waals surface area contributed by atoms with Crippen molar-refractivity contribution in [3.63, 3.8) is 0 Å². The molecule has 0 spiro atoms. The predicted octanol–water partition coefficient (Wildman–Crippen LogP) is 3.59. The standard InChI is InChI=1S/C27H25N5O3/c1-31-14-10-21(11-15-31)28-23-8-9-24(25(18-23)35-3)30-27(34)20-6-4-19(5-7-20)26(33)29-22-12-16-32(2)17-13-22/h4-18H,1-3H3,(H,30,34)/p+2. The van der Waals surface area contributed by atoms with Gasteiger partial charge in [-0.25, -0.2) is 9.13 Å². The normalized spacial score (nSPS) is 10.4. The summed E-state index contributed by atoms with van der Waals surface area (Å²) >= 11 is 0. The van der Waals surface area contributed by atoms with E-state index in [1.807, 2.05) is 84.4 Å². The number of anilines is 4. The van der Waals surface area contributed by atoms with Crippen LogP contribution in [0.3, 0.4) is 0 Å². The third-order valence-corrected chi connectivity index (χ3v) is 5.36. The number of ether oxygens (including phenoxy) is 1. The molecule has 8 nitrogen and oxygen atoms in total. The number of hydrogen-bond donors (Lipinski definition) is 3. The van der Waals surface area contributed by atoms with Gasteiger partial charge in [0, 0.05) is 47.1 Å². The molecular weight excluding hydrogens is 442 g/mol. The predicted molar refractivity (Wildman–Crippen MR) is 134 cm³/mol. The van der Waals surface area contributed by atoms with E-state index in [1.54, 1.807) is 37.4 Å². The lowest BCUT2D eigenvalue weighted by atomic mass is 10.1. The number of carbonyl (C=O) groups is 2. The number of methoxy groups -OCH3 is 1. The first-order valence-corrected chi connectivity index (χ1v) is 11.0. The van der Waals surface area contributed by atoms with Gasteiger partial charge in [-0.2, -0.15) is 0 Å². The molecule has 0 aliphatic rings. The second-order valence-corrected chi connectivity index (χ2v) is 8.03. The summed E-state index contributed by atoms with van der Waals surface area (Å²) in [6, 6.07) is 19.5. The van der Waals surface area contributed by atoms with Gasteiger partial charge in [0.2, 0.25) is 0 Å². The molecule has 2 aromatic heterocycles. The number of amides is 2. The summed E-state index contributed by atoms with van der Waals surface area (Å²) in [5, 5.41) is 9.02. The molecule has 0 aliphatic carbocycles. The summed E-state index contributed by atoms with van der Waals surface area (Å²) in [6.07, 6.45) is 7.60. The Morgan fingerprint density at radius 1 is 0.657 bits per heavy atom. The molecule has 3 N–H and O–H groups in total. The summed E-state index contributed by atoms with van der Waals surface area (Å²) in [5.41, 5.74) is 3.89. The van der Waals surface area contributed by atoms with Gasteiger partial charge in [-0.15, -0.1) is 0 Å². The molecule has 0 atom stereocenters. The van der Waals surface area contributed by atoms with Gasteiger partial charge < -0.3 is 20.7 Å². The number of aromatic nitrogens is 2. The van der Waals surface area contributed by atoms with E-state index in [1.165, 1.54) is 0 Å². The Morgan fingerprint density at radius 3 is 1.71 bits per heavy atom. The van der Waals surface area contributed by atoms with Crippen molar-refractivity contribution >= 4 is 34.6 Å². The van der Waals surface area contributed by atoms with Crippen LogP contribution in [-0.4, -0.2) is 18.9 Å². The van der Waals surface area contributed by atoms with Crippen molar-refractivity contribution in [2.45, 2.75) is 0 Å². The van der Waals surface area contributed by atoms with Crippen LogP contribution in [0.15, 0.2) is 91.5 Å². The van der Waals surface area contributed by atoms with Gasteiger partial charge in [0.1, 0.15) is 19.8 Å². The quantitative estimate of drug-likeness (QED) is 0.361. The first-order chi connectivity index (χ1) is 16.9. The van der Waals surface area contributed by atoms with E-state index in [0.717, 1.165) is 11.4 Å². The number of nitrogens with one attached hydrogen (secondary N) is 3. The smallest absolute Gasteiger partial charge is 0.255 e. The van der Waals surface area contributed by atoms with Crippen LogP contribution in [0, 0.1) is 0 Å². The summed E-state index contributed by atoms with van der Waals surface area (Å²) in [4.78, 5) is 25.3. The zero-order chi connectivity index (χ0) is 24.8. The minimum Gasteiger partial charge on any atom is -0.494 e. The Labute approximate surface area is 203 Å². The maximum Gasteiger partial charge on any atom is 0.255 e. The fourth-order valence-electron chi connectivity index (χ4n) is 3.38. The van der Waals surface area contributed by atoms with E-state index >= 15 is 0 Å². The topological polar surface area (TPSA) is 87.2 Å². The molecule has 35 heavy (non-hydrogen) atoms. The largest absolute Gasteiger partial charge is 0.494 e. The van der Waals surface area contributed by atoms with Crippen LogP contribution in [0.1, 0.15) is 20.7 Å². The monoisotopic (exact) mass is 469 g/mol. The van der Waals surface area contributed by atoms with Crippen molar-refractivity contribution in [3.8, 4) is 5.75 Å². The maximum absolute atomic E-state index is 12.8. The zero-order valence-electron chi connectivity index (χ0n) is 19.8. The van der Waals surface area contributed by atoms with Gasteiger partial charge in [-0.05, 0) is 36.4 Å². The lowest BCUT2D eigenvalue weighted by molar-refractivity contribution is -0.671. The minimum atomic E-state index is -0.304. The van der Waals surface area contributed by atoms with E-state index in [-0.39, 0.29) is 11.8 Å². The van der Waals surface area contributed by atoms with E-state index in [9.17, 15) is 9.59 Å². The average molecular weight is 470 g/mol. The van der Waals surface area contributed by atoms with Gasteiger partial charge in [0.25, 0.3) is 11.8 Å². The van der Waals surface area contributed by atoms with Crippen LogP contribution < -0.4 is 29.8 Å². The lowest BCUT2D eigenvalue weighted by Crippen LogP contribution is -2.26. The molecule has 0 bridgehead atoms. The molecule has 4 aromatic rings. The number of hydrogen-bond acceptors (Lipinski definition) is 4. The Kier molecular flexibility index (Phi) is 7.02. The molecule has 0 unspecified atom stereocenters. The van der Waals surface area contributed by atoms with Gasteiger partial charge >= 0.3 is 0 Å². The Balaban J connectivity index is 1.41. The molecule has 176 valence electrons. The van der Waals surface area contributed by atoms with Crippen LogP contribution in [0.25, 0.3) is 0 Å². The fourth-order valence-corrected chi connectivity index (χ4v) is 3.38. The van der Waals surface area contributed by atoms with Gasteiger partial charge in [0.05, 0.1) is 24.2 Å². The summed E-state index contributed by atoms with van der Waals surface area (Å²) in [6.45, 7) is 0. The summed E-state index contributed by atoms with van der Waals surface area (Å²) in [7, 11) is 5.41. The van der Waals surface area contributed by atoms with E-state index in [4.69, 9.17) is 4.74 Å². The summed E-state index contributed by atoms with van der Waals surface area (Å²) in [5.74, 6) is -0.0260. The van der Waals surface area contributed by atoms with E-state index in [0.29, 0.717) is 28.3 Å². The number of carbonyl (C=O) groups excluding carboxylic acids is 2. The van der Waals surface area contributed by atoms with Crippen molar-refractivity contribution < 1.29 is 23.5 Å². The van der Waals surface area contributed by atoms with Gasteiger partial charge in [-0.3, -0.25) is 9.59 Å². The average Bonchev–Trinajstić information content (AvgIpc) is 2.87. The van der Waals surface area contributed by atoms with Crippen molar-refractivity contribution in [2.24, 2.45) is 14.1 Å². The van der Waals surface area contributed by atoms with Crippen molar-refractivity contribution in [2.75, 3.05) is 23.1 Å². The second-order valence-electron chi connectivity index (χ2n) is 8.03. The van der Waals surface area contributed by atoms with Crippen LogP contribution in [0.4, 0.5) is 22.7 Å². The molecular formula is C27H27N5O3+2. The van der Waals surface area contributed by atoms with Crippen LogP contribution in [0.2, 0.25) is 0 Å². The molecule has 8 heteroatoms. The molecule has 2 aromatic carbocycles. The van der Waals surface area contributed by atoms with Crippen molar-refractivity contribution in [3.05, 3.63) is 103 Å². The highest BCUT2D eigenvalue weighted by Gasteiger charge is 2.13. The highest BCUT2D eigenvalue weighted by molar-refractivity contribution is 6.07. The Hall–Kier alpha value is -4.72. The second kappa shape index (κ2) is 10.5. The molecule has 0 saturated carbocycles. The first-order valence-electron chi connectivity index (χ1n) is 11.0. The van der Waals surface area contributed by atoms with Gasteiger partial charge in [-0.1, -0.05) is 0 Å². The number of pyridine rings is 2. The third kappa shape index (κ3) is 6.00. The lowest BCUT2D eigenvalue weighted by Gasteiger charge is -2.13. The van der Waals surface area contributed by atoms with Crippen LogP contribution >= 0.6 is 0 Å². The molecule has 0 fully saturated rings. The van der Waals surface area contributed by atoms with Crippen molar-refractivity contribution in [1.29, 1.82) is 0 Å². The SMILES string of the molecule is COc1cc(Nc2cc[n+](C)cc2)ccc1NC(=O)c1ccc(C(=O)Nc2cc[n+](C)cc2)cc1. The van der Waals surface area contributed by atoms with Gasteiger partial charge in [0.15, 0.2) is 24.8 Å². The van der Waals surface area contributed by atoms with Crippen molar-refractivity contribution in [1.82, 2.24) is 0 Å². The van der Waals surface area contributed by atoms with E-state index < -0.39 is 0 Å². The molecule has 0 saturated heterocycles. The fraction of sp³-hybridized carbons (Fsp3) is 0.111. The molecule has 2 amide bonds. The third-order valence-electron chi connectivity index (χ3n) is 5.36. The highest BCUT2D eigenvalue weighted by atomic mass is 16.5. The van der Waals surface area contributed by atoms with Crippen LogP contribution in [0.5, 0.6) is 5.75 Å². The number of benzene rings is 2. The van der Waals surface area contributed by atoms with Crippen LogP contribution in [-0.2, 0) is 14.1 Å². The Bertz CT molecular complexity index is 1340. The molecule has 0 radical (unpaired) electrons. The molecule has 0 aliphatic heterocycles. The number of aryl methyl sites for hydroxylation is 2. The molecule has 2 heterocycles. The first kappa shape index (κ1) is 23.4. The molecule has 4 rings (SSSR count). The highest BCUT2D eigenvalue weighted by Crippen LogP contribution is 2.30. The number of nitrogens with zero attached hydrogens (tertiary/aromatic N) is 2. The number of rotatable bonds is 7. The minimum absolute atomic E-state index is 0.247. The Morgan fingerprint density at radius 2 is 1.17 bits per heavy atom. The van der Waals surface area contributed by atoms with E-state index in [2.05, 4.69) is 16.0 Å².